The summed E-state index contributed by atoms with van der Waals surface area (Å²) >= 11 is 0. The maximum atomic E-state index is 12.0. The number of fused-ring (bicyclic) bond motifs is 1. The van der Waals surface area contributed by atoms with Gasteiger partial charge in [-0.25, -0.2) is 9.52 Å². The number of nitrogens with zero attached hydrogens (tertiary/aromatic N) is 4. The van der Waals surface area contributed by atoms with Crippen LogP contribution in [0.25, 0.3) is 11.0 Å². The van der Waals surface area contributed by atoms with Gasteiger partial charge in [-0.15, -0.1) is 0 Å². The van der Waals surface area contributed by atoms with Crippen LogP contribution in [0.2, 0.25) is 0 Å². The van der Waals surface area contributed by atoms with Crippen molar-refractivity contribution in [1.29, 1.82) is 0 Å². The van der Waals surface area contributed by atoms with Crippen LogP contribution in [0, 0.1) is 10.1 Å². The molecule has 0 aliphatic rings. The quantitative estimate of drug-likeness (QED) is 0.0318. The zero-order valence-corrected chi connectivity index (χ0v) is 26.0. The van der Waals surface area contributed by atoms with Gasteiger partial charge >= 0.3 is 11.7 Å². The molecule has 2 N–H and O–H groups in total. The van der Waals surface area contributed by atoms with Crippen LogP contribution >= 0.6 is 7.82 Å². The van der Waals surface area contributed by atoms with E-state index in [2.05, 4.69) is 25.1 Å². The van der Waals surface area contributed by atoms with E-state index < -0.39 is 31.4 Å². The van der Waals surface area contributed by atoms with Crippen LogP contribution < -0.4 is 10.2 Å². The van der Waals surface area contributed by atoms with Gasteiger partial charge in [0.15, 0.2) is 11.6 Å². The summed E-state index contributed by atoms with van der Waals surface area (Å²) in [7, 11) is 1.09. The molecule has 0 aliphatic carbocycles. The number of ether oxygens (including phenoxy) is 1. The Labute approximate surface area is 250 Å². The molecule has 2 aromatic rings. The zero-order valence-electron chi connectivity index (χ0n) is 25.1. The second-order valence-electron chi connectivity index (χ2n) is 11.2. The lowest BCUT2D eigenvalue weighted by Crippen LogP contribution is -2.37. The van der Waals surface area contributed by atoms with Gasteiger partial charge in [0.05, 0.1) is 38.4 Å². The number of hydrogen-bond acceptors (Lipinski definition) is 14. The zero-order chi connectivity index (χ0) is 31.7. The number of unbranched alkanes of at least 4 members (excludes halogenated alkanes) is 8. The average Bonchev–Trinajstić information content (AvgIpc) is 3.43. The molecular weight excluding hydrogens is 589 g/mol. The number of benzene rings is 1. The van der Waals surface area contributed by atoms with Gasteiger partial charge in [-0.1, -0.05) is 44.9 Å². The van der Waals surface area contributed by atoms with Gasteiger partial charge in [-0.2, -0.15) is 0 Å². The van der Waals surface area contributed by atoms with Crippen molar-refractivity contribution in [3.05, 3.63) is 22.2 Å². The van der Waals surface area contributed by atoms with Crippen molar-refractivity contribution in [1.82, 2.24) is 10.3 Å². The number of quaternary nitrogens is 1. The molecule has 0 aliphatic heterocycles. The Morgan fingerprint density at radius 2 is 1.65 bits per heavy atom. The second kappa shape index (κ2) is 18.8. The molecule has 0 fully saturated rings. The number of likely N-dealkylation sites (N-methyl/N-ethyl adjacent to an activating group) is 1. The normalized spacial score (nSPS) is 14.0. The minimum Gasteiger partial charge on any atom is -0.756 e. The molecule has 0 saturated carbocycles. The molecule has 0 spiro atoms. The van der Waals surface area contributed by atoms with Crippen LogP contribution in [0.4, 0.5) is 11.4 Å². The summed E-state index contributed by atoms with van der Waals surface area (Å²) in [5.41, 5.74) is 0.996. The standard InChI is InChI=1S/C26H44N5O11P/c1-31(2,3)17-18-39-43(36,37)40-20-21(41-35)19-38-24(32)13-11-9-7-5-4-6-8-10-12-16-27-22-14-15-23(30(33)34)26-25(22)28-42-29-26/h14-15,21H,4-13,16-20H2,1-3H3,(H2-,27,29,35,36,37)/t21-/m1/s1. The smallest absolute Gasteiger partial charge is 0.305 e. The third-order valence-corrected chi connectivity index (χ3v) is 7.44. The van der Waals surface area contributed by atoms with Crippen molar-refractivity contribution in [3.8, 4) is 0 Å². The summed E-state index contributed by atoms with van der Waals surface area (Å²) in [4.78, 5) is 38.5. The summed E-state index contributed by atoms with van der Waals surface area (Å²) < 4.78 is 31.5. The lowest BCUT2D eigenvalue weighted by atomic mass is 10.1. The van der Waals surface area contributed by atoms with Crippen molar-refractivity contribution in [2.24, 2.45) is 0 Å². The summed E-state index contributed by atoms with van der Waals surface area (Å²) in [6.07, 6.45) is 7.97. The predicted molar refractivity (Wildman–Crippen MR) is 154 cm³/mol. The molecule has 43 heavy (non-hydrogen) atoms. The van der Waals surface area contributed by atoms with E-state index in [-0.39, 0.29) is 30.8 Å². The molecule has 0 bridgehead atoms. The third-order valence-electron chi connectivity index (χ3n) is 6.47. The van der Waals surface area contributed by atoms with Crippen molar-refractivity contribution in [2.45, 2.75) is 70.3 Å². The van der Waals surface area contributed by atoms with Gasteiger partial charge in [0.25, 0.3) is 7.82 Å². The highest BCUT2D eigenvalue weighted by Crippen LogP contribution is 2.38. The molecule has 1 aromatic heterocycles. The van der Waals surface area contributed by atoms with E-state index in [1.54, 1.807) is 6.07 Å². The van der Waals surface area contributed by atoms with Crippen molar-refractivity contribution in [3.63, 3.8) is 0 Å². The molecule has 0 saturated heterocycles. The first kappa shape index (κ1) is 36.5. The first-order chi connectivity index (χ1) is 20.4. The van der Waals surface area contributed by atoms with Crippen LogP contribution in [0.5, 0.6) is 0 Å². The molecule has 1 unspecified atom stereocenters. The van der Waals surface area contributed by atoms with Crippen LogP contribution in [-0.4, -0.2) is 91.1 Å². The number of carbonyl (C=O) groups is 1. The SMILES string of the molecule is C[N+](C)(C)CCOP(=O)([O-])OC[C@@H](COC(=O)CCCCCCCCCCCNc1ccc([N+](=O)[O-])c2nonc12)OO. The summed E-state index contributed by atoms with van der Waals surface area (Å²) in [5.74, 6) is -0.463. The van der Waals surface area contributed by atoms with E-state index in [4.69, 9.17) is 19.0 Å². The largest absolute Gasteiger partial charge is 0.756 e. The third kappa shape index (κ3) is 15.0. The summed E-state index contributed by atoms with van der Waals surface area (Å²) in [6.45, 7) is 0.212. The number of phosphoric ester groups is 1. The average molecular weight is 634 g/mol. The van der Waals surface area contributed by atoms with Gasteiger partial charge in [-0.3, -0.25) is 24.7 Å². The van der Waals surface area contributed by atoms with E-state index in [9.17, 15) is 24.4 Å². The summed E-state index contributed by atoms with van der Waals surface area (Å²) in [5, 5.41) is 30.7. The van der Waals surface area contributed by atoms with Crippen molar-refractivity contribution in [2.75, 3.05) is 59.4 Å². The van der Waals surface area contributed by atoms with Crippen molar-refractivity contribution >= 4 is 36.2 Å². The minimum absolute atomic E-state index is 0.0532. The van der Waals surface area contributed by atoms with E-state index in [0.29, 0.717) is 35.2 Å². The Morgan fingerprint density at radius 3 is 2.28 bits per heavy atom. The Bertz CT molecular complexity index is 1170. The second-order valence-corrected chi connectivity index (χ2v) is 12.6. The maximum absolute atomic E-state index is 12.0. The molecule has 0 radical (unpaired) electrons. The Hall–Kier alpha value is -2.72. The minimum atomic E-state index is -4.57. The fourth-order valence-corrected chi connectivity index (χ4v) is 4.73. The lowest BCUT2D eigenvalue weighted by molar-refractivity contribution is -0.870. The maximum Gasteiger partial charge on any atom is 0.305 e. The number of phosphoric acid groups is 1. The first-order valence-corrected chi connectivity index (χ1v) is 15.9. The highest BCUT2D eigenvalue weighted by Gasteiger charge is 2.20. The predicted octanol–water partition coefficient (Wildman–Crippen LogP) is 4.05. The Morgan fingerprint density at radius 1 is 1.02 bits per heavy atom. The number of esters is 1. The molecule has 17 heteroatoms. The van der Waals surface area contributed by atoms with E-state index in [0.717, 1.165) is 51.4 Å². The summed E-state index contributed by atoms with van der Waals surface area (Å²) in [6, 6.07) is 3.00. The van der Waals surface area contributed by atoms with Crippen LogP contribution in [0.1, 0.15) is 64.2 Å². The Balaban J connectivity index is 1.45. The number of carbonyl (C=O) groups excluding carboxylic acids is 1. The molecule has 0 amide bonds. The van der Waals surface area contributed by atoms with Gasteiger partial charge in [0.2, 0.25) is 5.52 Å². The fraction of sp³-hybridized carbons (Fsp3) is 0.731. The molecule has 1 heterocycles. The number of nitro benzene ring substituents is 1. The van der Waals surface area contributed by atoms with E-state index in [1.165, 1.54) is 6.07 Å². The highest BCUT2D eigenvalue weighted by atomic mass is 31.2. The number of nitrogens with one attached hydrogen (secondary N) is 1. The van der Waals surface area contributed by atoms with E-state index in [1.807, 2.05) is 21.1 Å². The van der Waals surface area contributed by atoms with Crippen molar-refractivity contribution < 1.29 is 52.2 Å². The van der Waals surface area contributed by atoms with Gasteiger partial charge < -0.3 is 28.5 Å². The topological polar surface area (TPSA) is 208 Å². The van der Waals surface area contributed by atoms with Gasteiger partial charge in [0, 0.05) is 19.0 Å². The monoisotopic (exact) mass is 633 g/mol. The number of non-ortho nitro benzene ring substituents is 1. The number of anilines is 1. The van der Waals surface area contributed by atoms with Crippen LogP contribution in [-0.2, 0) is 28.0 Å². The molecule has 2 atom stereocenters. The molecule has 244 valence electrons. The molecule has 1 aromatic carbocycles. The highest BCUT2D eigenvalue weighted by molar-refractivity contribution is 7.45. The van der Waals surface area contributed by atoms with E-state index >= 15 is 0 Å². The van der Waals surface area contributed by atoms with Crippen LogP contribution in [0.3, 0.4) is 0 Å². The molecule has 2 rings (SSSR count). The number of aromatic nitrogens is 2. The van der Waals surface area contributed by atoms with Gasteiger partial charge in [-0.05, 0) is 29.2 Å². The number of rotatable bonds is 24. The lowest BCUT2D eigenvalue weighted by Gasteiger charge is -2.27. The fourth-order valence-electron chi connectivity index (χ4n) is 4.00. The Kier molecular flexibility index (Phi) is 16.0. The number of hydrogen-bond donors (Lipinski definition) is 2. The molecular formula is C26H44N5O11P. The van der Waals surface area contributed by atoms with Gasteiger partial charge in [0.1, 0.15) is 19.8 Å². The first-order valence-electron chi connectivity index (χ1n) is 14.4. The number of nitro groups is 1. The van der Waals surface area contributed by atoms with Crippen LogP contribution in [0.15, 0.2) is 16.8 Å². The molecule has 16 nitrogen and oxygen atoms in total.